The first-order valence-electron chi connectivity index (χ1n) is 7.08. The van der Waals surface area contributed by atoms with Gasteiger partial charge in [0.25, 0.3) is 0 Å². The van der Waals surface area contributed by atoms with Crippen LogP contribution in [0, 0.1) is 0 Å². The fourth-order valence-corrected chi connectivity index (χ4v) is 3.18. The van der Waals surface area contributed by atoms with E-state index in [-0.39, 0.29) is 11.7 Å². The Bertz CT molecular complexity index is 812. The summed E-state index contributed by atoms with van der Waals surface area (Å²) in [7, 11) is 0. The summed E-state index contributed by atoms with van der Waals surface area (Å²) in [5, 5.41) is 10.9. The molecule has 1 aliphatic rings. The summed E-state index contributed by atoms with van der Waals surface area (Å²) < 4.78 is 5.98. The molecule has 0 atom stereocenters. The van der Waals surface area contributed by atoms with Crippen molar-refractivity contribution >= 4 is 11.6 Å². The Hall–Kier alpha value is -2.45. The van der Waals surface area contributed by atoms with Gasteiger partial charge in [-0.1, -0.05) is 48.0 Å². The molecular formula is C19H13ClO2. The summed E-state index contributed by atoms with van der Waals surface area (Å²) in [6, 6.07) is 20.9. The number of aromatic hydroxyl groups is 1. The third-order valence-electron chi connectivity index (χ3n) is 3.98. The summed E-state index contributed by atoms with van der Waals surface area (Å²) >= 11 is 6.15. The predicted molar refractivity (Wildman–Crippen MR) is 87.0 cm³/mol. The van der Waals surface area contributed by atoms with E-state index in [1.165, 1.54) is 0 Å². The maximum atomic E-state index is 10.3. The number of hydrogen-bond donors (Lipinski definition) is 1. The molecule has 3 aromatic rings. The molecule has 0 fully saturated rings. The van der Waals surface area contributed by atoms with Crippen LogP contribution in [-0.2, 0) is 0 Å². The Labute approximate surface area is 133 Å². The fraction of sp³-hybridized carbons (Fsp3) is 0.0526. The van der Waals surface area contributed by atoms with E-state index in [0.29, 0.717) is 5.02 Å². The first-order chi connectivity index (χ1) is 10.7. The zero-order valence-corrected chi connectivity index (χ0v) is 12.4. The zero-order valence-electron chi connectivity index (χ0n) is 11.7. The van der Waals surface area contributed by atoms with E-state index < -0.39 is 0 Å². The van der Waals surface area contributed by atoms with Crippen molar-refractivity contribution in [1.29, 1.82) is 0 Å². The molecule has 1 aliphatic heterocycles. The molecule has 3 aromatic carbocycles. The van der Waals surface area contributed by atoms with Gasteiger partial charge in [-0.3, -0.25) is 0 Å². The molecule has 0 amide bonds. The highest BCUT2D eigenvalue weighted by Crippen LogP contribution is 2.49. The van der Waals surface area contributed by atoms with Crippen molar-refractivity contribution in [3.63, 3.8) is 0 Å². The van der Waals surface area contributed by atoms with Gasteiger partial charge in [0, 0.05) is 27.6 Å². The van der Waals surface area contributed by atoms with E-state index in [1.54, 1.807) is 12.1 Å². The highest BCUT2D eigenvalue weighted by atomic mass is 35.5. The molecule has 0 unspecified atom stereocenters. The number of rotatable bonds is 1. The fourth-order valence-electron chi connectivity index (χ4n) is 3.00. The summed E-state index contributed by atoms with van der Waals surface area (Å²) in [6.45, 7) is 0. The average molecular weight is 309 g/mol. The number of fused-ring (bicyclic) bond motifs is 2. The van der Waals surface area contributed by atoms with E-state index in [9.17, 15) is 5.11 Å². The van der Waals surface area contributed by atoms with Crippen molar-refractivity contribution < 1.29 is 9.84 Å². The Kier molecular flexibility index (Phi) is 3.05. The second-order valence-electron chi connectivity index (χ2n) is 5.31. The monoisotopic (exact) mass is 308 g/mol. The van der Waals surface area contributed by atoms with Gasteiger partial charge in [-0.05, 0) is 30.3 Å². The van der Waals surface area contributed by atoms with Gasteiger partial charge in [0.2, 0.25) is 0 Å². The number of benzene rings is 3. The van der Waals surface area contributed by atoms with Gasteiger partial charge in [0.1, 0.15) is 17.2 Å². The lowest BCUT2D eigenvalue weighted by Crippen LogP contribution is -2.11. The molecule has 0 saturated carbocycles. The van der Waals surface area contributed by atoms with Crippen LogP contribution < -0.4 is 4.74 Å². The average Bonchev–Trinajstić information content (AvgIpc) is 2.55. The zero-order chi connectivity index (χ0) is 15.1. The minimum absolute atomic E-state index is 0.0974. The Morgan fingerprint density at radius 2 is 1.36 bits per heavy atom. The van der Waals surface area contributed by atoms with Gasteiger partial charge in [0.05, 0.1) is 0 Å². The molecule has 108 valence electrons. The molecule has 3 heteroatoms. The van der Waals surface area contributed by atoms with Gasteiger partial charge in [-0.15, -0.1) is 0 Å². The van der Waals surface area contributed by atoms with Gasteiger partial charge in [0.15, 0.2) is 0 Å². The summed E-state index contributed by atoms with van der Waals surface area (Å²) in [5.74, 6) is 1.76. The van der Waals surface area contributed by atoms with Crippen LogP contribution in [0.3, 0.4) is 0 Å². The molecule has 22 heavy (non-hydrogen) atoms. The van der Waals surface area contributed by atoms with Crippen molar-refractivity contribution in [2.24, 2.45) is 0 Å². The molecule has 1 N–H and O–H groups in total. The summed E-state index contributed by atoms with van der Waals surface area (Å²) in [4.78, 5) is 0. The van der Waals surface area contributed by atoms with Crippen LogP contribution in [0.4, 0.5) is 0 Å². The third-order valence-corrected chi connectivity index (χ3v) is 4.22. The van der Waals surface area contributed by atoms with Crippen LogP contribution in [0.1, 0.15) is 22.6 Å². The second-order valence-corrected chi connectivity index (χ2v) is 5.75. The van der Waals surface area contributed by atoms with Crippen molar-refractivity contribution in [3.8, 4) is 17.2 Å². The number of phenolic OH excluding ortho intramolecular Hbond substituents is 1. The second kappa shape index (κ2) is 5.08. The SMILES string of the molecule is Oc1ccc(Cl)cc1C1c2ccccc2Oc2ccccc21. The quantitative estimate of drug-likeness (QED) is 0.515. The Morgan fingerprint density at radius 3 is 2.00 bits per heavy atom. The maximum Gasteiger partial charge on any atom is 0.131 e. The van der Waals surface area contributed by atoms with E-state index >= 15 is 0 Å². The smallest absolute Gasteiger partial charge is 0.131 e. The predicted octanol–water partition coefficient (Wildman–Crippen LogP) is 5.33. The first kappa shape index (κ1) is 13.2. The lowest BCUT2D eigenvalue weighted by molar-refractivity contribution is 0.443. The summed E-state index contributed by atoms with van der Waals surface area (Å²) in [5.41, 5.74) is 2.84. The number of phenols is 1. The van der Waals surface area contributed by atoms with Crippen LogP contribution >= 0.6 is 11.6 Å². The van der Waals surface area contributed by atoms with E-state index in [0.717, 1.165) is 28.2 Å². The van der Waals surface area contributed by atoms with Gasteiger partial charge < -0.3 is 9.84 Å². The minimum Gasteiger partial charge on any atom is -0.508 e. The number of para-hydroxylation sites is 2. The largest absolute Gasteiger partial charge is 0.508 e. The normalized spacial score (nSPS) is 13.1. The molecule has 2 nitrogen and oxygen atoms in total. The van der Waals surface area contributed by atoms with Crippen molar-refractivity contribution in [1.82, 2.24) is 0 Å². The highest BCUT2D eigenvalue weighted by Gasteiger charge is 2.29. The lowest BCUT2D eigenvalue weighted by Gasteiger charge is -2.29. The molecule has 0 aliphatic carbocycles. The van der Waals surface area contributed by atoms with Crippen LogP contribution in [-0.4, -0.2) is 5.11 Å². The van der Waals surface area contributed by atoms with Gasteiger partial charge >= 0.3 is 0 Å². The van der Waals surface area contributed by atoms with E-state index in [4.69, 9.17) is 16.3 Å². The number of hydrogen-bond acceptors (Lipinski definition) is 2. The molecule has 0 saturated heterocycles. The molecule has 4 rings (SSSR count). The van der Waals surface area contributed by atoms with Crippen molar-refractivity contribution in [3.05, 3.63) is 88.4 Å². The Balaban J connectivity index is 2.01. The number of ether oxygens (including phenoxy) is 1. The van der Waals surface area contributed by atoms with E-state index in [1.807, 2.05) is 54.6 Å². The van der Waals surface area contributed by atoms with E-state index in [2.05, 4.69) is 0 Å². The van der Waals surface area contributed by atoms with Crippen molar-refractivity contribution in [2.75, 3.05) is 0 Å². The third kappa shape index (κ3) is 2.04. The standard InChI is InChI=1S/C19H13ClO2/c20-12-9-10-16(21)15(11-12)19-13-5-1-3-7-17(13)22-18-8-4-2-6-14(18)19/h1-11,19,21H. The maximum absolute atomic E-state index is 10.3. The Morgan fingerprint density at radius 1 is 0.773 bits per heavy atom. The number of halogens is 1. The summed E-state index contributed by atoms with van der Waals surface area (Å²) in [6.07, 6.45) is 0. The molecule has 0 bridgehead atoms. The van der Waals surface area contributed by atoms with Gasteiger partial charge in [-0.2, -0.15) is 0 Å². The molecule has 1 heterocycles. The molecule has 0 aromatic heterocycles. The van der Waals surface area contributed by atoms with Crippen molar-refractivity contribution in [2.45, 2.75) is 5.92 Å². The molecule has 0 spiro atoms. The van der Waals surface area contributed by atoms with Gasteiger partial charge in [-0.25, -0.2) is 0 Å². The van der Waals surface area contributed by atoms with Crippen LogP contribution in [0.15, 0.2) is 66.7 Å². The van der Waals surface area contributed by atoms with Crippen LogP contribution in [0.25, 0.3) is 0 Å². The topological polar surface area (TPSA) is 29.5 Å². The molecule has 0 radical (unpaired) electrons. The molecular weight excluding hydrogens is 296 g/mol. The lowest BCUT2D eigenvalue weighted by atomic mass is 9.82. The minimum atomic E-state index is -0.0974. The van der Waals surface area contributed by atoms with Crippen LogP contribution in [0.5, 0.6) is 17.2 Å². The first-order valence-corrected chi connectivity index (χ1v) is 7.46. The van der Waals surface area contributed by atoms with Crippen LogP contribution in [0.2, 0.25) is 5.02 Å². The highest BCUT2D eigenvalue weighted by molar-refractivity contribution is 6.30.